The van der Waals surface area contributed by atoms with E-state index in [2.05, 4.69) is 39.8 Å². The highest BCUT2D eigenvalue weighted by Gasteiger charge is 2.39. The first-order valence-corrected chi connectivity index (χ1v) is 8.10. The first kappa shape index (κ1) is 15.0. The Morgan fingerprint density at radius 3 is 2.75 bits per heavy atom. The Bertz CT molecular complexity index is 805. The fourth-order valence-electron chi connectivity index (χ4n) is 2.83. The van der Waals surface area contributed by atoms with Gasteiger partial charge in [-0.05, 0) is 19.4 Å². The summed E-state index contributed by atoms with van der Waals surface area (Å²) >= 11 is 0. The lowest BCUT2D eigenvalue weighted by atomic mass is 10.1. The summed E-state index contributed by atoms with van der Waals surface area (Å²) in [5, 5.41) is 11.8. The molecule has 2 unspecified atom stereocenters. The quantitative estimate of drug-likeness (QED) is 0.706. The van der Waals surface area contributed by atoms with E-state index in [0.29, 0.717) is 6.54 Å². The van der Waals surface area contributed by atoms with Crippen LogP contribution in [-0.2, 0) is 17.7 Å². The van der Waals surface area contributed by atoms with E-state index >= 15 is 0 Å². The average Bonchev–Trinajstić information content (AvgIpc) is 3.00. The number of anilines is 1. The zero-order valence-corrected chi connectivity index (χ0v) is 13.8. The SMILES string of the molecule is Cc1noc(C)c1Cn1ccc(NC2OC2Cc2ccccc2)n1. The van der Waals surface area contributed by atoms with Crippen molar-refractivity contribution >= 4 is 5.82 Å². The third kappa shape index (κ3) is 3.19. The standard InChI is InChI=1S/C18H20N4O2/c1-12-15(13(2)24-21-12)11-22-9-8-17(20-22)19-18-16(23-18)10-14-6-4-3-5-7-14/h3-9,16,18H,10-11H2,1-2H3,(H,19,20). The van der Waals surface area contributed by atoms with Crippen molar-refractivity contribution in [2.45, 2.75) is 39.1 Å². The molecule has 6 heteroatoms. The summed E-state index contributed by atoms with van der Waals surface area (Å²) in [6.07, 6.45) is 3.11. The van der Waals surface area contributed by atoms with Crippen molar-refractivity contribution in [3.8, 4) is 0 Å². The van der Waals surface area contributed by atoms with E-state index in [1.54, 1.807) is 0 Å². The van der Waals surface area contributed by atoms with Gasteiger partial charge in [0.05, 0.1) is 12.2 Å². The van der Waals surface area contributed by atoms with Gasteiger partial charge in [0.2, 0.25) is 0 Å². The molecule has 1 saturated heterocycles. The smallest absolute Gasteiger partial charge is 0.156 e. The number of rotatable bonds is 6. The third-order valence-electron chi connectivity index (χ3n) is 4.29. The van der Waals surface area contributed by atoms with Crippen molar-refractivity contribution in [3.05, 3.63) is 65.2 Å². The fraction of sp³-hybridized carbons (Fsp3) is 0.333. The van der Waals surface area contributed by atoms with E-state index in [9.17, 15) is 0 Å². The Morgan fingerprint density at radius 1 is 1.17 bits per heavy atom. The molecule has 2 aromatic heterocycles. The summed E-state index contributed by atoms with van der Waals surface area (Å²) in [5.74, 6) is 1.66. The Morgan fingerprint density at radius 2 is 2.00 bits per heavy atom. The van der Waals surface area contributed by atoms with E-state index in [1.165, 1.54) is 5.56 Å². The van der Waals surface area contributed by atoms with Gasteiger partial charge in [-0.25, -0.2) is 0 Å². The maximum absolute atomic E-state index is 5.69. The molecule has 24 heavy (non-hydrogen) atoms. The minimum Gasteiger partial charge on any atom is -0.361 e. The van der Waals surface area contributed by atoms with Crippen molar-refractivity contribution < 1.29 is 9.26 Å². The highest BCUT2D eigenvalue weighted by atomic mass is 16.6. The number of hydrogen-bond acceptors (Lipinski definition) is 5. The minimum absolute atomic E-state index is 0.0348. The number of aryl methyl sites for hydroxylation is 2. The van der Waals surface area contributed by atoms with Crippen molar-refractivity contribution in [1.29, 1.82) is 0 Å². The molecule has 0 spiro atoms. The molecule has 3 aromatic rings. The summed E-state index contributed by atoms with van der Waals surface area (Å²) in [5.41, 5.74) is 3.27. The van der Waals surface area contributed by atoms with Crippen LogP contribution in [0.1, 0.15) is 22.6 Å². The van der Waals surface area contributed by atoms with Gasteiger partial charge in [0.1, 0.15) is 17.7 Å². The Balaban J connectivity index is 1.33. The molecule has 0 aliphatic carbocycles. The van der Waals surface area contributed by atoms with Crippen LogP contribution >= 0.6 is 0 Å². The number of benzene rings is 1. The molecule has 1 aliphatic heterocycles. The number of nitrogens with one attached hydrogen (secondary N) is 1. The molecular weight excluding hydrogens is 304 g/mol. The third-order valence-corrected chi connectivity index (χ3v) is 4.29. The summed E-state index contributed by atoms with van der Waals surface area (Å²) < 4.78 is 12.8. The van der Waals surface area contributed by atoms with Gasteiger partial charge in [0.15, 0.2) is 6.23 Å². The molecule has 0 bridgehead atoms. The highest BCUT2D eigenvalue weighted by molar-refractivity contribution is 5.35. The number of nitrogens with zero attached hydrogens (tertiary/aromatic N) is 3. The van der Waals surface area contributed by atoms with Gasteiger partial charge in [-0.2, -0.15) is 5.10 Å². The van der Waals surface area contributed by atoms with Crippen LogP contribution in [0.5, 0.6) is 0 Å². The molecule has 2 atom stereocenters. The van der Waals surface area contributed by atoms with Gasteiger partial charge in [-0.15, -0.1) is 0 Å². The second-order valence-electron chi connectivity index (χ2n) is 6.13. The first-order chi connectivity index (χ1) is 11.7. The summed E-state index contributed by atoms with van der Waals surface area (Å²) in [7, 11) is 0. The number of epoxide rings is 1. The van der Waals surface area contributed by atoms with E-state index < -0.39 is 0 Å². The lowest BCUT2D eigenvalue weighted by molar-refractivity contribution is 0.380. The molecule has 1 aromatic carbocycles. The Labute approximate surface area is 140 Å². The number of aromatic nitrogens is 3. The second-order valence-corrected chi connectivity index (χ2v) is 6.13. The topological polar surface area (TPSA) is 68.4 Å². The van der Waals surface area contributed by atoms with Crippen LogP contribution in [0.15, 0.2) is 47.1 Å². The minimum atomic E-state index is 0.0348. The first-order valence-electron chi connectivity index (χ1n) is 8.10. The van der Waals surface area contributed by atoms with Gasteiger partial charge in [0, 0.05) is 24.2 Å². The van der Waals surface area contributed by atoms with Crippen LogP contribution in [0, 0.1) is 13.8 Å². The predicted molar refractivity (Wildman–Crippen MR) is 89.7 cm³/mol. The maximum atomic E-state index is 5.69. The Kier molecular flexibility index (Phi) is 3.82. The lowest BCUT2D eigenvalue weighted by Crippen LogP contribution is -2.10. The zero-order chi connectivity index (χ0) is 16.5. The van der Waals surface area contributed by atoms with E-state index in [1.807, 2.05) is 36.9 Å². The van der Waals surface area contributed by atoms with Crippen molar-refractivity contribution in [2.75, 3.05) is 5.32 Å². The van der Waals surface area contributed by atoms with E-state index in [0.717, 1.165) is 29.3 Å². The molecule has 1 aliphatic rings. The van der Waals surface area contributed by atoms with Gasteiger partial charge in [0.25, 0.3) is 0 Å². The molecule has 0 radical (unpaired) electrons. The normalized spacial score (nSPS) is 19.4. The van der Waals surface area contributed by atoms with E-state index in [-0.39, 0.29) is 12.3 Å². The summed E-state index contributed by atoms with van der Waals surface area (Å²) in [6.45, 7) is 4.52. The zero-order valence-electron chi connectivity index (χ0n) is 13.8. The monoisotopic (exact) mass is 324 g/mol. The van der Waals surface area contributed by atoms with Crippen LogP contribution < -0.4 is 5.32 Å². The molecule has 6 nitrogen and oxygen atoms in total. The van der Waals surface area contributed by atoms with E-state index in [4.69, 9.17) is 9.26 Å². The molecule has 3 heterocycles. The summed E-state index contributed by atoms with van der Waals surface area (Å²) in [4.78, 5) is 0. The van der Waals surface area contributed by atoms with Gasteiger partial charge < -0.3 is 14.6 Å². The van der Waals surface area contributed by atoms with Crippen LogP contribution in [0.2, 0.25) is 0 Å². The van der Waals surface area contributed by atoms with Crippen LogP contribution in [0.4, 0.5) is 5.82 Å². The largest absolute Gasteiger partial charge is 0.361 e. The van der Waals surface area contributed by atoms with Crippen molar-refractivity contribution in [2.24, 2.45) is 0 Å². The molecule has 0 amide bonds. The average molecular weight is 324 g/mol. The molecule has 0 saturated carbocycles. The second kappa shape index (κ2) is 6.13. The molecular formula is C18H20N4O2. The lowest BCUT2D eigenvalue weighted by Gasteiger charge is -2.01. The molecule has 4 rings (SSSR count). The van der Waals surface area contributed by atoms with Crippen molar-refractivity contribution in [3.63, 3.8) is 0 Å². The van der Waals surface area contributed by atoms with Crippen LogP contribution in [-0.4, -0.2) is 27.3 Å². The number of hydrogen-bond donors (Lipinski definition) is 1. The van der Waals surface area contributed by atoms with Gasteiger partial charge in [-0.3, -0.25) is 4.68 Å². The molecule has 124 valence electrons. The summed E-state index contributed by atoms with van der Waals surface area (Å²) in [6, 6.07) is 12.3. The molecule has 1 fully saturated rings. The fourth-order valence-corrected chi connectivity index (χ4v) is 2.83. The Hall–Kier alpha value is -2.60. The number of ether oxygens (including phenoxy) is 1. The van der Waals surface area contributed by atoms with Gasteiger partial charge in [-0.1, -0.05) is 35.5 Å². The van der Waals surface area contributed by atoms with Gasteiger partial charge >= 0.3 is 0 Å². The highest BCUT2D eigenvalue weighted by Crippen LogP contribution is 2.27. The molecule has 1 N–H and O–H groups in total. The van der Waals surface area contributed by atoms with Crippen LogP contribution in [0.3, 0.4) is 0 Å². The maximum Gasteiger partial charge on any atom is 0.156 e. The predicted octanol–water partition coefficient (Wildman–Crippen LogP) is 2.92. The van der Waals surface area contributed by atoms with Crippen molar-refractivity contribution in [1.82, 2.24) is 14.9 Å². The van der Waals surface area contributed by atoms with Crippen LogP contribution in [0.25, 0.3) is 0 Å².